The molecule has 0 spiro atoms. The van der Waals surface area contributed by atoms with Crippen LogP contribution in [0.4, 0.5) is 0 Å². The Hall–Kier alpha value is -1.69. The molecule has 0 aliphatic carbocycles. The van der Waals surface area contributed by atoms with Crippen LogP contribution in [0, 0.1) is 19.8 Å². The zero-order chi connectivity index (χ0) is 14.7. The van der Waals surface area contributed by atoms with Gasteiger partial charge in [0.05, 0.1) is 6.42 Å². The van der Waals surface area contributed by atoms with Crippen LogP contribution < -0.4 is 5.69 Å². The van der Waals surface area contributed by atoms with Gasteiger partial charge in [0, 0.05) is 36.7 Å². The number of aryl methyl sites for hydroxylation is 1. The van der Waals surface area contributed by atoms with E-state index in [0.29, 0.717) is 23.7 Å². The third-order valence-electron chi connectivity index (χ3n) is 3.88. The van der Waals surface area contributed by atoms with E-state index in [1.807, 2.05) is 0 Å². The lowest BCUT2D eigenvalue weighted by Gasteiger charge is -2.24. The van der Waals surface area contributed by atoms with Gasteiger partial charge < -0.3 is 9.84 Å². The highest BCUT2D eigenvalue weighted by atomic mass is 16.5. The standard InChI is InChI=1S/C14H20N2O4/c1-9-12(7-13(17)18)10(2)16(14(19)15-9)8-11-3-5-20-6-4-11/h11H,3-8H2,1-2H3,(H,17,18). The van der Waals surface area contributed by atoms with Crippen LogP contribution in [0.5, 0.6) is 0 Å². The first kappa shape index (κ1) is 14.7. The number of carboxylic acid groups (broad SMARTS) is 1. The van der Waals surface area contributed by atoms with Crippen LogP contribution in [-0.4, -0.2) is 33.8 Å². The number of ether oxygens (including phenoxy) is 1. The minimum Gasteiger partial charge on any atom is -0.481 e. The maximum absolute atomic E-state index is 12.0. The lowest BCUT2D eigenvalue weighted by molar-refractivity contribution is -0.136. The van der Waals surface area contributed by atoms with E-state index in [-0.39, 0.29) is 12.1 Å². The molecule has 1 aromatic rings. The van der Waals surface area contributed by atoms with Crippen LogP contribution in [0.15, 0.2) is 4.79 Å². The Morgan fingerprint density at radius 3 is 2.65 bits per heavy atom. The second kappa shape index (κ2) is 6.17. The first-order valence-corrected chi connectivity index (χ1v) is 6.85. The van der Waals surface area contributed by atoms with Crippen LogP contribution in [0.1, 0.15) is 29.8 Å². The number of carboxylic acids is 1. The zero-order valence-corrected chi connectivity index (χ0v) is 11.9. The molecule has 0 unspecified atom stereocenters. The van der Waals surface area contributed by atoms with E-state index < -0.39 is 5.97 Å². The second-order valence-corrected chi connectivity index (χ2v) is 5.28. The molecule has 0 bridgehead atoms. The van der Waals surface area contributed by atoms with E-state index in [2.05, 4.69) is 4.98 Å². The maximum Gasteiger partial charge on any atom is 0.347 e. The number of hydrogen-bond acceptors (Lipinski definition) is 4. The summed E-state index contributed by atoms with van der Waals surface area (Å²) in [5.74, 6) is -0.517. The summed E-state index contributed by atoms with van der Waals surface area (Å²) in [6.07, 6.45) is 1.75. The van der Waals surface area contributed by atoms with Gasteiger partial charge in [-0.1, -0.05) is 0 Å². The summed E-state index contributed by atoms with van der Waals surface area (Å²) in [5.41, 5.74) is 1.58. The van der Waals surface area contributed by atoms with E-state index >= 15 is 0 Å². The van der Waals surface area contributed by atoms with Crippen LogP contribution in [0.3, 0.4) is 0 Å². The van der Waals surface area contributed by atoms with Crippen LogP contribution in [0.25, 0.3) is 0 Å². The molecule has 2 rings (SSSR count). The van der Waals surface area contributed by atoms with E-state index in [9.17, 15) is 9.59 Å². The van der Waals surface area contributed by atoms with Gasteiger partial charge in [0.25, 0.3) is 0 Å². The van der Waals surface area contributed by atoms with Crippen molar-refractivity contribution in [2.75, 3.05) is 13.2 Å². The first-order valence-electron chi connectivity index (χ1n) is 6.85. The molecule has 1 N–H and O–H groups in total. The summed E-state index contributed by atoms with van der Waals surface area (Å²) in [4.78, 5) is 26.9. The fraction of sp³-hybridized carbons (Fsp3) is 0.643. The van der Waals surface area contributed by atoms with Crippen molar-refractivity contribution in [3.8, 4) is 0 Å². The molecule has 0 aromatic carbocycles. The minimum atomic E-state index is -0.908. The molecule has 20 heavy (non-hydrogen) atoms. The molecule has 1 aliphatic rings. The molecule has 0 saturated carbocycles. The Kier molecular flexibility index (Phi) is 4.54. The lowest BCUT2D eigenvalue weighted by atomic mass is 9.99. The van der Waals surface area contributed by atoms with Crippen molar-refractivity contribution >= 4 is 5.97 Å². The third-order valence-corrected chi connectivity index (χ3v) is 3.88. The predicted molar refractivity (Wildman–Crippen MR) is 72.9 cm³/mol. The highest BCUT2D eigenvalue weighted by Gasteiger charge is 2.19. The van der Waals surface area contributed by atoms with Crippen molar-refractivity contribution in [3.63, 3.8) is 0 Å². The van der Waals surface area contributed by atoms with Crippen LogP contribution in [0.2, 0.25) is 0 Å². The van der Waals surface area contributed by atoms with Gasteiger partial charge in [-0.15, -0.1) is 0 Å². The van der Waals surface area contributed by atoms with Gasteiger partial charge in [0.15, 0.2) is 0 Å². The summed E-state index contributed by atoms with van der Waals surface area (Å²) in [5, 5.41) is 8.97. The van der Waals surface area contributed by atoms with Crippen LogP contribution >= 0.6 is 0 Å². The summed E-state index contributed by atoms with van der Waals surface area (Å²) >= 11 is 0. The Bertz CT molecular complexity index is 559. The van der Waals surface area contributed by atoms with Gasteiger partial charge in [-0.2, -0.15) is 4.98 Å². The number of hydrogen-bond donors (Lipinski definition) is 1. The summed E-state index contributed by atoms with van der Waals surface area (Å²) in [6.45, 7) is 5.52. The van der Waals surface area contributed by atoms with Crippen molar-refractivity contribution in [1.82, 2.24) is 9.55 Å². The first-order chi connectivity index (χ1) is 9.49. The smallest absolute Gasteiger partial charge is 0.347 e. The zero-order valence-electron chi connectivity index (χ0n) is 11.9. The molecule has 0 radical (unpaired) electrons. The van der Waals surface area contributed by atoms with Gasteiger partial charge >= 0.3 is 11.7 Å². The van der Waals surface area contributed by atoms with E-state index in [1.165, 1.54) is 0 Å². The SMILES string of the molecule is Cc1nc(=O)n(CC2CCOCC2)c(C)c1CC(=O)O. The van der Waals surface area contributed by atoms with Crippen molar-refractivity contribution in [2.45, 2.75) is 39.7 Å². The highest BCUT2D eigenvalue weighted by molar-refractivity contribution is 5.70. The van der Waals surface area contributed by atoms with E-state index in [1.54, 1.807) is 18.4 Å². The lowest BCUT2D eigenvalue weighted by Crippen LogP contribution is -2.32. The monoisotopic (exact) mass is 280 g/mol. The molecule has 0 amide bonds. The highest BCUT2D eigenvalue weighted by Crippen LogP contribution is 2.18. The minimum absolute atomic E-state index is 0.0985. The van der Waals surface area contributed by atoms with Crippen molar-refractivity contribution in [1.29, 1.82) is 0 Å². The van der Waals surface area contributed by atoms with E-state index in [0.717, 1.165) is 31.7 Å². The Morgan fingerprint density at radius 2 is 2.05 bits per heavy atom. The molecule has 0 atom stereocenters. The third kappa shape index (κ3) is 3.25. The van der Waals surface area contributed by atoms with Gasteiger partial charge in [-0.3, -0.25) is 9.36 Å². The molecule has 1 fully saturated rings. The number of rotatable bonds is 4. The summed E-state index contributed by atoms with van der Waals surface area (Å²) in [6, 6.07) is 0. The molecule has 1 saturated heterocycles. The van der Waals surface area contributed by atoms with Crippen molar-refractivity contribution < 1.29 is 14.6 Å². The molecule has 2 heterocycles. The van der Waals surface area contributed by atoms with E-state index in [4.69, 9.17) is 9.84 Å². The van der Waals surface area contributed by atoms with Gasteiger partial charge in [0.1, 0.15) is 0 Å². The fourth-order valence-corrected chi connectivity index (χ4v) is 2.65. The average molecular weight is 280 g/mol. The van der Waals surface area contributed by atoms with Crippen LogP contribution in [-0.2, 0) is 22.5 Å². The summed E-state index contributed by atoms with van der Waals surface area (Å²) < 4.78 is 6.92. The Morgan fingerprint density at radius 1 is 1.40 bits per heavy atom. The fourth-order valence-electron chi connectivity index (χ4n) is 2.65. The largest absolute Gasteiger partial charge is 0.481 e. The maximum atomic E-state index is 12.0. The molecular weight excluding hydrogens is 260 g/mol. The normalized spacial score (nSPS) is 16.3. The number of aliphatic carboxylic acids is 1. The summed E-state index contributed by atoms with van der Waals surface area (Å²) in [7, 11) is 0. The second-order valence-electron chi connectivity index (χ2n) is 5.28. The topological polar surface area (TPSA) is 81.4 Å². The molecule has 6 nitrogen and oxygen atoms in total. The molecular formula is C14H20N2O4. The van der Waals surface area contributed by atoms with Gasteiger partial charge in [-0.05, 0) is 32.6 Å². The molecule has 6 heteroatoms. The van der Waals surface area contributed by atoms with Gasteiger partial charge in [0.2, 0.25) is 0 Å². The van der Waals surface area contributed by atoms with Crippen molar-refractivity contribution in [2.24, 2.45) is 5.92 Å². The number of nitrogens with zero attached hydrogens (tertiary/aromatic N) is 2. The Labute approximate surface area is 117 Å². The average Bonchev–Trinajstić information content (AvgIpc) is 2.40. The number of aromatic nitrogens is 2. The Balaban J connectivity index is 2.31. The molecule has 110 valence electrons. The van der Waals surface area contributed by atoms with Crippen molar-refractivity contribution in [3.05, 3.63) is 27.4 Å². The quantitative estimate of drug-likeness (QED) is 0.886. The number of carbonyl (C=O) groups is 1. The predicted octanol–water partition coefficient (Wildman–Crippen LogP) is 0.914. The molecule has 1 aliphatic heterocycles. The van der Waals surface area contributed by atoms with Gasteiger partial charge in [-0.25, -0.2) is 4.79 Å². The molecule has 1 aromatic heterocycles.